The molecule has 4 rings (SSSR count). The van der Waals surface area contributed by atoms with Gasteiger partial charge in [0.2, 0.25) is 0 Å². The zero-order chi connectivity index (χ0) is 17.8. The summed E-state index contributed by atoms with van der Waals surface area (Å²) < 4.78 is 19.7. The fraction of sp³-hybridized carbons (Fsp3) is 0.444. The number of likely N-dealkylation sites (N-methyl/N-ethyl adjacent to an activating group) is 1. The van der Waals surface area contributed by atoms with E-state index in [1.807, 2.05) is 6.92 Å². The number of amides is 1. The Morgan fingerprint density at radius 3 is 2.84 bits per heavy atom. The summed E-state index contributed by atoms with van der Waals surface area (Å²) in [5.74, 6) is 0.788. The first-order valence-electron chi connectivity index (χ1n) is 8.23. The minimum absolute atomic E-state index is 0.0252. The van der Waals surface area contributed by atoms with Crippen LogP contribution in [0.2, 0.25) is 5.02 Å². The van der Waals surface area contributed by atoms with Crippen LogP contribution in [0.5, 0.6) is 0 Å². The van der Waals surface area contributed by atoms with E-state index in [0.717, 1.165) is 24.7 Å². The molecule has 3 heterocycles. The highest BCUT2D eigenvalue weighted by atomic mass is 35.5. The van der Waals surface area contributed by atoms with Gasteiger partial charge in [-0.15, -0.1) is 0 Å². The molecule has 1 spiro atoms. The molecule has 7 heteroatoms. The van der Waals surface area contributed by atoms with Gasteiger partial charge < -0.3 is 14.2 Å². The second-order valence-corrected chi connectivity index (χ2v) is 7.64. The Morgan fingerprint density at radius 1 is 1.40 bits per heavy atom. The lowest BCUT2D eigenvalue weighted by Gasteiger charge is -2.50. The molecule has 2 aromatic rings. The van der Waals surface area contributed by atoms with Gasteiger partial charge in [0.25, 0.3) is 5.91 Å². The number of aromatic nitrogens is 1. The number of rotatable bonds is 2. The summed E-state index contributed by atoms with van der Waals surface area (Å²) in [4.78, 5) is 20.9. The second-order valence-electron chi connectivity index (χ2n) is 7.21. The summed E-state index contributed by atoms with van der Waals surface area (Å²) in [5.41, 5.74) is -0.0613. The quantitative estimate of drug-likeness (QED) is 0.823. The molecule has 2 saturated heterocycles. The minimum Gasteiger partial charge on any atom is -0.446 e. The first-order chi connectivity index (χ1) is 11.9. The van der Waals surface area contributed by atoms with Crippen LogP contribution in [0.15, 0.2) is 28.8 Å². The van der Waals surface area contributed by atoms with Gasteiger partial charge in [-0.2, -0.15) is 0 Å². The van der Waals surface area contributed by atoms with Crippen LogP contribution < -0.4 is 0 Å². The van der Waals surface area contributed by atoms with Crippen LogP contribution in [0.1, 0.15) is 27.9 Å². The minimum atomic E-state index is -0.543. The molecule has 5 nitrogen and oxygen atoms in total. The zero-order valence-electron chi connectivity index (χ0n) is 14.1. The molecule has 1 atom stereocenters. The molecule has 0 aliphatic carbocycles. The van der Waals surface area contributed by atoms with Crippen molar-refractivity contribution in [3.8, 4) is 0 Å². The molecule has 1 unspecified atom stereocenters. The maximum atomic E-state index is 14.0. The summed E-state index contributed by atoms with van der Waals surface area (Å²) in [5, 5.41) is 0.355. The van der Waals surface area contributed by atoms with Crippen LogP contribution in [0.4, 0.5) is 4.39 Å². The summed E-state index contributed by atoms with van der Waals surface area (Å²) in [6.07, 6.45) is 1.73. The van der Waals surface area contributed by atoms with E-state index in [0.29, 0.717) is 18.1 Å². The van der Waals surface area contributed by atoms with Gasteiger partial charge in [-0.3, -0.25) is 4.79 Å². The predicted molar refractivity (Wildman–Crippen MR) is 91.2 cm³/mol. The summed E-state index contributed by atoms with van der Waals surface area (Å²) in [6, 6.07) is 4.06. The normalized spacial score (nSPS) is 22.4. The number of carbonyl (C=O) groups is 1. The molecule has 132 valence electrons. The van der Waals surface area contributed by atoms with Crippen molar-refractivity contribution in [2.24, 2.45) is 5.41 Å². The number of nitrogens with zero attached hydrogens (tertiary/aromatic N) is 3. The largest absolute Gasteiger partial charge is 0.446 e. The number of aryl methyl sites for hydroxylation is 1. The SMILES string of the molecule is Cc1cnc(C2CN(C)CC23CN(C(=O)c2cc(Cl)ccc2F)C3)o1. The molecule has 0 radical (unpaired) electrons. The van der Waals surface area contributed by atoms with Gasteiger partial charge in [0.1, 0.15) is 11.6 Å². The van der Waals surface area contributed by atoms with E-state index in [2.05, 4.69) is 16.9 Å². The average Bonchev–Trinajstić information content (AvgIpc) is 3.10. The number of hydrogen-bond acceptors (Lipinski definition) is 4. The number of hydrogen-bond donors (Lipinski definition) is 0. The Kier molecular flexibility index (Phi) is 3.85. The lowest BCUT2D eigenvalue weighted by Crippen LogP contribution is -2.61. The molecule has 1 aromatic carbocycles. The van der Waals surface area contributed by atoms with Crippen molar-refractivity contribution < 1.29 is 13.6 Å². The maximum absolute atomic E-state index is 14.0. The van der Waals surface area contributed by atoms with Crippen molar-refractivity contribution in [3.63, 3.8) is 0 Å². The van der Waals surface area contributed by atoms with Gasteiger partial charge in [0.15, 0.2) is 5.89 Å². The van der Waals surface area contributed by atoms with Crippen molar-refractivity contribution in [1.82, 2.24) is 14.8 Å². The van der Waals surface area contributed by atoms with Gasteiger partial charge in [0, 0.05) is 36.6 Å². The third kappa shape index (κ3) is 2.73. The van der Waals surface area contributed by atoms with Crippen LogP contribution >= 0.6 is 11.6 Å². The highest BCUT2D eigenvalue weighted by Crippen LogP contribution is 2.48. The van der Waals surface area contributed by atoms with Gasteiger partial charge in [-0.25, -0.2) is 9.37 Å². The lowest BCUT2D eigenvalue weighted by atomic mass is 9.71. The Morgan fingerprint density at radius 2 is 2.16 bits per heavy atom. The van der Waals surface area contributed by atoms with Crippen molar-refractivity contribution in [3.05, 3.63) is 52.5 Å². The van der Waals surface area contributed by atoms with Crippen LogP contribution in [0.3, 0.4) is 0 Å². The van der Waals surface area contributed by atoms with Gasteiger partial charge in [0.05, 0.1) is 17.7 Å². The van der Waals surface area contributed by atoms with Crippen molar-refractivity contribution in [1.29, 1.82) is 0 Å². The van der Waals surface area contributed by atoms with Gasteiger partial charge in [-0.05, 0) is 32.2 Å². The Bertz CT molecular complexity index is 831. The summed E-state index contributed by atoms with van der Waals surface area (Å²) in [7, 11) is 2.05. The number of likely N-dealkylation sites (tertiary alicyclic amines) is 2. The molecular weight excluding hydrogens is 345 g/mol. The predicted octanol–water partition coefficient (Wildman–Crippen LogP) is 2.95. The zero-order valence-corrected chi connectivity index (χ0v) is 14.9. The molecule has 1 aromatic heterocycles. The Hall–Kier alpha value is -1.92. The molecule has 2 fully saturated rings. The van der Waals surface area contributed by atoms with Crippen molar-refractivity contribution >= 4 is 17.5 Å². The third-order valence-electron chi connectivity index (χ3n) is 5.21. The van der Waals surface area contributed by atoms with Crippen LogP contribution in [0, 0.1) is 18.2 Å². The Labute approximate surface area is 150 Å². The third-order valence-corrected chi connectivity index (χ3v) is 5.45. The van der Waals surface area contributed by atoms with Crippen molar-refractivity contribution in [2.75, 3.05) is 33.2 Å². The average molecular weight is 364 g/mol. The van der Waals surface area contributed by atoms with Gasteiger partial charge in [-0.1, -0.05) is 11.6 Å². The fourth-order valence-corrected chi connectivity index (χ4v) is 4.27. The molecule has 2 aliphatic heterocycles. The first kappa shape index (κ1) is 16.5. The number of oxazole rings is 1. The Balaban J connectivity index is 1.55. The summed E-state index contributed by atoms with van der Waals surface area (Å²) >= 11 is 5.91. The molecule has 0 saturated carbocycles. The molecule has 25 heavy (non-hydrogen) atoms. The second kappa shape index (κ2) is 5.81. The van der Waals surface area contributed by atoms with E-state index in [4.69, 9.17) is 16.0 Å². The highest BCUT2D eigenvalue weighted by molar-refractivity contribution is 6.31. The standard InChI is InChI=1S/C18H19ClFN3O2/c1-11-6-21-16(25-11)14-7-22(2)8-18(14)9-23(10-18)17(24)13-5-12(19)3-4-15(13)20/h3-6,14H,7-10H2,1-2H3. The maximum Gasteiger partial charge on any atom is 0.256 e. The number of benzene rings is 1. The lowest BCUT2D eigenvalue weighted by molar-refractivity contribution is 0.000183. The van der Waals surface area contributed by atoms with E-state index < -0.39 is 5.82 Å². The van der Waals surface area contributed by atoms with Crippen LogP contribution in [-0.2, 0) is 0 Å². The number of carbonyl (C=O) groups excluding carboxylic acids is 1. The first-order valence-corrected chi connectivity index (χ1v) is 8.61. The molecule has 0 bridgehead atoms. The van der Waals surface area contributed by atoms with E-state index in [1.165, 1.54) is 18.2 Å². The molecule has 1 amide bonds. The van der Waals surface area contributed by atoms with E-state index >= 15 is 0 Å². The van der Waals surface area contributed by atoms with Crippen LogP contribution in [-0.4, -0.2) is 53.9 Å². The number of halogens is 2. The highest BCUT2D eigenvalue weighted by Gasteiger charge is 2.56. The topological polar surface area (TPSA) is 49.6 Å². The molecular formula is C18H19ClFN3O2. The van der Waals surface area contributed by atoms with Crippen LogP contribution in [0.25, 0.3) is 0 Å². The fourth-order valence-electron chi connectivity index (χ4n) is 4.10. The van der Waals surface area contributed by atoms with Gasteiger partial charge >= 0.3 is 0 Å². The van der Waals surface area contributed by atoms with E-state index in [1.54, 1.807) is 11.1 Å². The summed E-state index contributed by atoms with van der Waals surface area (Å²) in [6.45, 7) is 4.71. The van der Waals surface area contributed by atoms with E-state index in [9.17, 15) is 9.18 Å². The molecule has 2 aliphatic rings. The molecule has 0 N–H and O–H groups in total. The van der Waals surface area contributed by atoms with E-state index in [-0.39, 0.29) is 22.8 Å². The smallest absolute Gasteiger partial charge is 0.256 e. The monoisotopic (exact) mass is 363 g/mol. The van der Waals surface area contributed by atoms with Crippen molar-refractivity contribution in [2.45, 2.75) is 12.8 Å².